The van der Waals surface area contributed by atoms with Crippen molar-refractivity contribution in [3.8, 4) is 0 Å². The van der Waals surface area contributed by atoms with E-state index in [1.54, 1.807) is 27.9 Å². The number of imide groups is 1. The number of primary amides is 1. The van der Waals surface area contributed by atoms with Crippen molar-refractivity contribution in [2.24, 2.45) is 33.8 Å². The first-order chi connectivity index (χ1) is 37.8. The number of anilines is 1. The number of likely N-dealkylation sites (N-methyl/N-ethyl adjacent to an activating group) is 2. The number of benzene rings is 2. The Hall–Kier alpha value is -6.98. The molecule has 23 heteroatoms. The smallest absolute Gasteiger partial charge is 0.312 e. The molecule has 0 bridgehead atoms. The molecule has 0 fully saturated rings. The van der Waals surface area contributed by atoms with Crippen LogP contribution < -0.4 is 42.4 Å². The van der Waals surface area contributed by atoms with Gasteiger partial charge in [0.25, 0.3) is 27.7 Å². The number of hydrogen-bond acceptors (Lipinski definition) is 13. The standard InChI is InChI=1S/C59H90N10O12S/c1-36(2)43(68(16)54(77)49(56(6,7)8)66-53(76)48(61-15)59(13,14)39-21-18-17-19-22-39)31-38(5)50(73)67-82(79,80)41-26-24-40(25-27-41)63-51(74)42(23-20-30-62-55(60)78)64-52(75)47(37(3)4)65-44(70)32-57(9,10)34-81-35-58(11,12)33-69-45(71)28-29-46(69)72/h17-19,21-22,24-29,31,36-37,42-43,47-49,61H,20,23,30,32-35H2,1-16H3,(H,63,74)(H,64,75)(H,65,70)(H,66,76)(H,67,73)(H3,60,62,78)/b38-31+/t42-,43+,47?,48+,49?/m0/s1. The van der Waals surface area contributed by atoms with E-state index < -0.39 is 115 Å². The van der Waals surface area contributed by atoms with Gasteiger partial charge >= 0.3 is 6.03 Å². The molecular weight excluding hydrogens is 1070 g/mol. The van der Waals surface area contributed by atoms with Gasteiger partial charge in [-0.15, -0.1) is 0 Å². The number of nitrogens with two attached hydrogens (primary N) is 1. The van der Waals surface area contributed by atoms with Gasteiger partial charge in [0.05, 0.1) is 30.2 Å². The van der Waals surface area contributed by atoms with Crippen LogP contribution in [-0.2, 0) is 58.5 Å². The van der Waals surface area contributed by atoms with Gasteiger partial charge in [0.15, 0.2) is 0 Å². The lowest BCUT2D eigenvalue weighted by molar-refractivity contribution is -0.141. The minimum Gasteiger partial charge on any atom is -0.380 e. The zero-order valence-corrected chi connectivity index (χ0v) is 51.5. The summed E-state index contributed by atoms with van der Waals surface area (Å²) in [7, 11) is -1.24. The number of nitrogens with one attached hydrogen (secondary N) is 7. The fraction of sp³-hybridized carbons (Fsp3) is 0.576. The van der Waals surface area contributed by atoms with Gasteiger partial charge in [-0.2, -0.15) is 0 Å². The predicted octanol–water partition coefficient (Wildman–Crippen LogP) is 4.41. The summed E-state index contributed by atoms with van der Waals surface area (Å²) in [5, 5.41) is 16.7. The Morgan fingerprint density at radius 2 is 1.32 bits per heavy atom. The van der Waals surface area contributed by atoms with E-state index in [-0.39, 0.29) is 73.5 Å². The zero-order valence-electron chi connectivity index (χ0n) is 50.7. The molecule has 0 saturated heterocycles. The second-order valence-electron chi connectivity index (χ2n) is 25.0. The van der Waals surface area contributed by atoms with Gasteiger partial charge in [-0.1, -0.05) is 126 Å². The minimum atomic E-state index is -4.50. The van der Waals surface area contributed by atoms with Crippen molar-refractivity contribution < 1.29 is 56.3 Å². The van der Waals surface area contributed by atoms with Crippen molar-refractivity contribution in [3.63, 3.8) is 0 Å². The Kier molecular flexibility index (Phi) is 24.8. The van der Waals surface area contributed by atoms with Gasteiger partial charge in [-0.3, -0.25) is 43.3 Å². The first-order valence-corrected chi connectivity index (χ1v) is 29.0. The molecule has 1 heterocycles. The number of urea groups is 1. The van der Waals surface area contributed by atoms with E-state index in [1.807, 2.05) is 106 Å². The molecule has 454 valence electrons. The quantitative estimate of drug-likeness (QED) is 0.0306. The van der Waals surface area contributed by atoms with Gasteiger partial charge in [0, 0.05) is 60.8 Å². The molecule has 0 saturated carbocycles. The lowest BCUT2D eigenvalue weighted by Gasteiger charge is -2.40. The topological polar surface area (TPSA) is 314 Å². The van der Waals surface area contributed by atoms with Gasteiger partial charge < -0.3 is 47.3 Å². The third-order valence-corrected chi connectivity index (χ3v) is 15.4. The van der Waals surface area contributed by atoms with Crippen LogP contribution in [0.5, 0.6) is 0 Å². The lowest BCUT2D eigenvalue weighted by atomic mass is 9.76. The van der Waals surface area contributed by atoms with E-state index in [0.29, 0.717) is 0 Å². The molecule has 22 nitrogen and oxygen atoms in total. The van der Waals surface area contributed by atoms with Crippen molar-refractivity contribution in [2.75, 3.05) is 45.7 Å². The van der Waals surface area contributed by atoms with Gasteiger partial charge in [-0.05, 0) is 79.3 Å². The summed E-state index contributed by atoms with van der Waals surface area (Å²) in [6, 6.07) is 9.01. The third kappa shape index (κ3) is 20.5. The molecule has 1 aliphatic rings. The van der Waals surface area contributed by atoms with Crippen LogP contribution in [0.1, 0.15) is 122 Å². The maximum absolute atomic E-state index is 14.4. The summed E-state index contributed by atoms with van der Waals surface area (Å²) in [5.41, 5.74) is 3.59. The van der Waals surface area contributed by atoms with E-state index in [0.717, 1.165) is 10.5 Å². The number of hydrogen-bond donors (Lipinski definition) is 8. The summed E-state index contributed by atoms with van der Waals surface area (Å²) in [6.07, 6.45) is 4.11. The van der Waals surface area contributed by atoms with E-state index in [1.165, 1.54) is 54.3 Å². The van der Waals surface area contributed by atoms with Crippen LogP contribution in [-0.4, -0.2) is 142 Å². The molecule has 5 atom stereocenters. The Balaban J connectivity index is 1.72. The highest BCUT2D eigenvalue weighted by Crippen LogP contribution is 2.30. The van der Waals surface area contributed by atoms with Crippen molar-refractivity contribution in [1.29, 1.82) is 0 Å². The number of carbonyl (C=O) groups is 9. The Labute approximate surface area is 484 Å². The molecule has 2 unspecified atom stereocenters. The molecule has 3 rings (SSSR count). The Bertz CT molecular complexity index is 2770. The highest BCUT2D eigenvalue weighted by atomic mass is 32.2. The fourth-order valence-electron chi connectivity index (χ4n) is 9.33. The summed E-state index contributed by atoms with van der Waals surface area (Å²) in [4.78, 5) is 121. The second kappa shape index (κ2) is 29.3. The molecule has 2 aromatic rings. The Morgan fingerprint density at radius 3 is 1.84 bits per heavy atom. The van der Waals surface area contributed by atoms with E-state index in [9.17, 15) is 51.6 Å². The number of sulfonamides is 1. The molecule has 0 radical (unpaired) electrons. The number of carbonyl (C=O) groups excluding carboxylic acids is 9. The highest BCUT2D eigenvalue weighted by Gasteiger charge is 2.42. The van der Waals surface area contributed by atoms with E-state index >= 15 is 0 Å². The molecule has 9 N–H and O–H groups in total. The lowest BCUT2D eigenvalue weighted by Crippen LogP contribution is -2.61. The summed E-state index contributed by atoms with van der Waals surface area (Å²) < 4.78 is 35.3. The van der Waals surface area contributed by atoms with Crippen LogP contribution in [0.15, 0.2) is 83.3 Å². The van der Waals surface area contributed by atoms with Crippen LogP contribution in [0.25, 0.3) is 0 Å². The normalized spacial score (nSPS) is 15.3. The van der Waals surface area contributed by atoms with Crippen molar-refractivity contribution >= 4 is 69.0 Å². The van der Waals surface area contributed by atoms with Gasteiger partial charge in [-0.25, -0.2) is 17.9 Å². The molecule has 1 aliphatic heterocycles. The largest absolute Gasteiger partial charge is 0.380 e. The third-order valence-electron chi connectivity index (χ3n) is 14.1. The summed E-state index contributed by atoms with van der Waals surface area (Å²) in [6.45, 7) is 25.8. The predicted molar refractivity (Wildman–Crippen MR) is 314 cm³/mol. The first kappa shape index (κ1) is 69.3. The molecule has 82 heavy (non-hydrogen) atoms. The first-order valence-electron chi connectivity index (χ1n) is 27.5. The number of nitrogens with zero attached hydrogens (tertiary/aromatic N) is 2. The SMILES string of the molecule is CN[C@H](C(=O)NC(C(=O)N(C)[C@H](/C=C(\C)C(=O)NS(=O)(=O)c1ccc(NC(=O)[C@H](CCCNC(N)=O)NC(=O)C(NC(=O)CC(C)(C)COCC(C)(C)CN2C(=O)C=CC2=O)C(C)C)cc1)C(C)C)C(C)(C)C)C(C)(C)c1ccccc1. The molecule has 10 amide bonds. The minimum absolute atomic E-state index is 0.00210. The van der Waals surface area contributed by atoms with E-state index in [2.05, 4.69) is 36.6 Å². The van der Waals surface area contributed by atoms with Gasteiger partial charge in [0.1, 0.15) is 18.1 Å². The molecule has 2 aromatic carbocycles. The van der Waals surface area contributed by atoms with Crippen LogP contribution in [0.4, 0.5) is 10.5 Å². The van der Waals surface area contributed by atoms with Crippen LogP contribution in [0, 0.1) is 28.1 Å². The molecule has 0 aromatic heterocycles. The van der Waals surface area contributed by atoms with Crippen LogP contribution in [0.3, 0.4) is 0 Å². The highest BCUT2D eigenvalue weighted by molar-refractivity contribution is 7.90. The molecule has 0 aliphatic carbocycles. The van der Waals surface area contributed by atoms with Crippen LogP contribution >= 0.6 is 0 Å². The average Bonchev–Trinajstić information content (AvgIpc) is 3.64. The summed E-state index contributed by atoms with van der Waals surface area (Å²) in [5.74, 6) is -5.06. The Morgan fingerprint density at radius 1 is 0.744 bits per heavy atom. The monoisotopic (exact) mass is 1160 g/mol. The fourth-order valence-corrected chi connectivity index (χ4v) is 10.3. The molecule has 0 spiro atoms. The van der Waals surface area contributed by atoms with Gasteiger partial charge in [0.2, 0.25) is 29.5 Å². The maximum Gasteiger partial charge on any atom is 0.312 e. The average molecular weight is 1160 g/mol. The number of rotatable bonds is 30. The number of amides is 10. The zero-order chi connectivity index (χ0) is 62.3. The van der Waals surface area contributed by atoms with E-state index in [4.69, 9.17) is 10.5 Å². The summed E-state index contributed by atoms with van der Waals surface area (Å²) >= 11 is 0. The maximum atomic E-state index is 14.4. The van der Waals surface area contributed by atoms with Crippen molar-refractivity contribution in [1.82, 2.24) is 41.1 Å². The molecular formula is C59H90N10O12S. The van der Waals surface area contributed by atoms with Crippen molar-refractivity contribution in [3.05, 3.63) is 84.0 Å². The van der Waals surface area contributed by atoms with Crippen molar-refractivity contribution in [2.45, 2.75) is 157 Å². The number of ether oxygens (including phenoxy) is 1. The second-order valence-corrected chi connectivity index (χ2v) is 26.7. The van der Waals surface area contributed by atoms with Crippen LogP contribution in [0.2, 0.25) is 0 Å².